The Morgan fingerprint density at radius 3 is 2.32 bits per heavy atom. The first-order valence-corrected chi connectivity index (χ1v) is 10.8. The third-order valence-corrected chi connectivity index (χ3v) is 5.55. The molecule has 0 aromatic heterocycles. The molecule has 2 aromatic carbocycles. The summed E-state index contributed by atoms with van der Waals surface area (Å²) in [6.07, 6.45) is 0. The number of allylic oxidation sites excluding steroid dienone is 1. The molecular weight excluding hydrogens is 436 g/mol. The minimum Gasteiger partial charge on any atom is -0.457 e. The number of nitrogens with two attached hydrogens (primary N) is 1. The number of carbonyl (C=O) groups excluding carboxylic acids is 3. The van der Waals surface area contributed by atoms with Crippen LogP contribution in [0.3, 0.4) is 0 Å². The van der Waals surface area contributed by atoms with E-state index in [0.717, 1.165) is 5.56 Å². The van der Waals surface area contributed by atoms with Gasteiger partial charge in [-0.3, -0.25) is 4.79 Å². The second kappa shape index (κ2) is 8.37. The SMILES string of the molecule is CC1=C(C(=O)OCc2ccccc2)[C@]2(C(=O)Nc3ccccc32)C(C(=O)OC(C)(C)C)=C(N)O1. The van der Waals surface area contributed by atoms with Gasteiger partial charge in [0, 0.05) is 11.3 Å². The molecule has 0 unspecified atom stereocenters. The summed E-state index contributed by atoms with van der Waals surface area (Å²) in [5.74, 6) is -2.53. The van der Waals surface area contributed by atoms with E-state index in [1.165, 1.54) is 6.92 Å². The number of para-hydroxylation sites is 1. The number of benzene rings is 2. The van der Waals surface area contributed by atoms with Crippen LogP contribution < -0.4 is 11.1 Å². The molecule has 4 rings (SSSR count). The van der Waals surface area contributed by atoms with Gasteiger partial charge >= 0.3 is 11.9 Å². The van der Waals surface area contributed by atoms with E-state index in [-0.39, 0.29) is 29.4 Å². The number of carbonyl (C=O) groups is 3. The standard InChI is InChI=1S/C26H26N2O6/c1-15-19(22(29)32-14-16-10-6-5-7-11-16)26(17-12-8-9-13-18(17)28-24(26)31)20(21(27)33-15)23(30)34-25(2,3)4/h5-13H,14,27H2,1-4H3,(H,28,31)/t26-/m0/s1. The molecule has 3 N–H and O–H groups in total. The summed E-state index contributed by atoms with van der Waals surface area (Å²) in [7, 11) is 0. The van der Waals surface area contributed by atoms with Gasteiger partial charge in [-0.05, 0) is 39.3 Å². The van der Waals surface area contributed by atoms with Crippen molar-refractivity contribution in [3.05, 3.63) is 88.5 Å². The molecule has 34 heavy (non-hydrogen) atoms. The lowest BCUT2D eigenvalue weighted by Gasteiger charge is -2.36. The van der Waals surface area contributed by atoms with Gasteiger partial charge in [-0.1, -0.05) is 48.5 Å². The molecule has 1 spiro atoms. The van der Waals surface area contributed by atoms with Crippen LogP contribution >= 0.6 is 0 Å². The minimum absolute atomic E-state index is 0.0310. The monoisotopic (exact) mass is 462 g/mol. The lowest BCUT2D eigenvalue weighted by atomic mass is 9.67. The van der Waals surface area contributed by atoms with E-state index >= 15 is 0 Å². The molecule has 8 heteroatoms. The van der Waals surface area contributed by atoms with Crippen molar-refractivity contribution >= 4 is 23.5 Å². The smallest absolute Gasteiger partial charge is 0.341 e. The number of anilines is 1. The van der Waals surface area contributed by atoms with Gasteiger partial charge in [-0.2, -0.15) is 0 Å². The average molecular weight is 463 g/mol. The van der Waals surface area contributed by atoms with Crippen LogP contribution in [0.15, 0.2) is 77.4 Å². The first kappa shape index (κ1) is 23.1. The zero-order valence-corrected chi connectivity index (χ0v) is 19.4. The van der Waals surface area contributed by atoms with Crippen molar-refractivity contribution < 1.29 is 28.6 Å². The van der Waals surface area contributed by atoms with E-state index < -0.39 is 28.9 Å². The van der Waals surface area contributed by atoms with E-state index in [9.17, 15) is 14.4 Å². The molecule has 0 bridgehead atoms. The van der Waals surface area contributed by atoms with E-state index in [4.69, 9.17) is 19.9 Å². The van der Waals surface area contributed by atoms with Gasteiger partial charge in [0.1, 0.15) is 34.5 Å². The molecule has 2 aliphatic rings. The van der Waals surface area contributed by atoms with Crippen LogP contribution in [-0.4, -0.2) is 23.4 Å². The Morgan fingerprint density at radius 2 is 1.65 bits per heavy atom. The van der Waals surface area contributed by atoms with E-state index in [0.29, 0.717) is 11.3 Å². The summed E-state index contributed by atoms with van der Waals surface area (Å²) >= 11 is 0. The molecule has 0 aliphatic carbocycles. The maximum Gasteiger partial charge on any atom is 0.341 e. The van der Waals surface area contributed by atoms with Gasteiger partial charge in [-0.25, -0.2) is 9.59 Å². The fraction of sp³-hybridized carbons (Fsp3) is 0.269. The van der Waals surface area contributed by atoms with Crippen LogP contribution in [0.25, 0.3) is 0 Å². The molecule has 0 saturated carbocycles. The number of rotatable bonds is 4. The number of hydrogen-bond donors (Lipinski definition) is 2. The Bertz CT molecular complexity index is 1240. The number of fused-ring (bicyclic) bond motifs is 2. The first-order valence-electron chi connectivity index (χ1n) is 10.8. The fourth-order valence-corrected chi connectivity index (χ4v) is 4.27. The van der Waals surface area contributed by atoms with Gasteiger partial charge in [0.05, 0.1) is 0 Å². The van der Waals surface area contributed by atoms with Crippen molar-refractivity contribution in [1.29, 1.82) is 0 Å². The van der Waals surface area contributed by atoms with E-state index in [1.807, 2.05) is 30.3 Å². The van der Waals surface area contributed by atoms with E-state index in [2.05, 4.69) is 5.32 Å². The molecule has 2 aromatic rings. The number of nitrogens with one attached hydrogen (secondary N) is 1. The summed E-state index contributed by atoms with van der Waals surface area (Å²) in [5.41, 5.74) is 4.62. The molecule has 2 aliphatic heterocycles. The van der Waals surface area contributed by atoms with Crippen LogP contribution in [-0.2, 0) is 40.6 Å². The highest BCUT2D eigenvalue weighted by atomic mass is 16.6. The second-order valence-corrected chi connectivity index (χ2v) is 9.09. The third kappa shape index (κ3) is 3.81. The van der Waals surface area contributed by atoms with Gasteiger partial charge < -0.3 is 25.3 Å². The molecule has 176 valence electrons. The van der Waals surface area contributed by atoms with Crippen LogP contribution in [0.4, 0.5) is 5.69 Å². The zero-order valence-electron chi connectivity index (χ0n) is 19.4. The van der Waals surface area contributed by atoms with Gasteiger partial charge in [0.25, 0.3) is 0 Å². The number of hydrogen-bond acceptors (Lipinski definition) is 7. The molecule has 1 atom stereocenters. The van der Waals surface area contributed by atoms with Crippen molar-refractivity contribution in [2.45, 2.75) is 45.3 Å². The molecule has 2 heterocycles. The summed E-state index contributed by atoms with van der Waals surface area (Å²) in [6, 6.07) is 15.9. The third-order valence-electron chi connectivity index (χ3n) is 5.55. The zero-order chi connectivity index (χ0) is 24.7. The normalized spacial score (nSPS) is 19.5. The second-order valence-electron chi connectivity index (χ2n) is 9.09. The molecule has 0 saturated heterocycles. The molecule has 0 radical (unpaired) electrons. The lowest BCUT2D eigenvalue weighted by molar-refractivity contribution is -0.152. The van der Waals surface area contributed by atoms with Crippen LogP contribution in [0.5, 0.6) is 0 Å². The Labute approximate surface area is 197 Å². The largest absolute Gasteiger partial charge is 0.457 e. The van der Waals surface area contributed by atoms with Crippen molar-refractivity contribution in [2.75, 3.05) is 5.32 Å². The average Bonchev–Trinajstić information content (AvgIpc) is 3.03. The van der Waals surface area contributed by atoms with E-state index in [1.54, 1.807) is 45.0 Å². The quantitative estimate of drug-likeness (QED) is 0.669. The van der Waals surface area contributed by atoms with Crippen LogP contribution in [0.2, 0.25) is 0 Å². The molecule has 1 amide bonds. The number of esters is 2. The Morgan fingerprint density at radius 1 is 1.00 bits per heavy atom. The van der Waals surface area contributed by atoms with Crippen molar-refractivity contribution in [1.82, 2.24) is 0 Å². The lowest BCUT2D eigenvalue weighted by Crippen LogP contribution is -2.49. The predicted molar refractivity (Wildman–Crippen MR) is 124 cm³/mol. The van der Waals surface area contributed by atoms with Crippen LogP contribution in [0.1, 0.15) is 38.8 Å². The maximum atomic E-state index is 13.7. The molecule has 8 nitrogen and oxygen atoms in total. The molecular formula is C26H26N2O6. The minimum atomic E-state index is -1.89. The van der Waals surface area contributed by atoms with Crippen LogP contribution in [0, 0.1) is 0 Å². The number of amides is 1. The van der Waals surface area contributed by atoms with Crippen molar-refractivity contribution in [2.24, 2.45) is 5.73 Å². The first-order chi connectivity index (χ1) is 16.1. The Kier molecular flexibility index (Phi) is 5.69. The summed E-state index contributed by atoms with van der Waals surface area (Å²) in [5, 5.41) is 2.77. The Balaban J connectivity index is 1.87. The maximum absolute atomic E-state index is 13.7. The molecule has 0 fully saturated rings. The van der Waals surface area contributed by atoms with Crippen molar-refractivity contribution in [3.8, 4) is 0 Å². The van der Waals surface area contributed by atoms with Gasteiger partial charge in [0.15, 0.2) is 0 Å². The van der Waals surface area contributed by atoms with Crippen molar-refractivity contribution in [3.63, 3.8) is 0 Å². The predicted octanol–water partition coefficient (Wildman–Crippen LogP) is 3.44. The summed E-state index contributed by atoms with van der Waals surface area (Å²) in [6.45, 7) is 6.55. The summed E-state index contributed by atoms with van der Waals surface area (Å²) in [4.78, 5) is 40.6. The Hall–Kier alpha value is -4.07. The fourth-order valence-electron chi connectivity index (χ4n) is 4.27. The topological polar surface area (TPSA) is 117 Å². The number of ether oxygens (including phenoxy) is 3. The van der Waals surface area contributed by atoms with Gasteiger partial charge in [-0.15, -0.1) is 0 Å². The highest BCUT2D eigenvalue weighted by molar-refractivity contribution is 6.21. The van der Waals surface area contributed by atoms with Gasteiger partial charge in [0.2, 0.25) is 11.8 Å². The highest BCUT2D eigenvalue weighted by Crippen LogP contribution is 2.52. The highest BCUT2D eigenvalue weighted by Gasteiger charge is 2.62. The summed E-state index contributed by atoms with van der Waals surface area (Å²) < 4.78 is 16.8.